The molecule has 5 nitrogen and oxygen atoms in total. The van der Waals surface area contributed by atoms with Crippen LogP contribution in [0.25, 0.3) is 0 Å². The normalized spacial score (nSPS) is 10.9. The third-order valence-electron chi connectivity index (χ3n) is 3.49. The number of thiazole rings is 1. The van der Waals surface area contributed by atoms with Crippen LogP contribution in [0.5, 0.6) is 5.75 Å². The number of aryl methyl sites for hydroxylation is 1. The van der Waals surface area contributed by atoms with Crippen molar-refractivity contribution in [3.05, 3.63) is 45.9 Å². The van der Waals surface area contributed by atoms with E-state index < -0.39 is 0 Å². The number of aromatic nitrogens is 1. The molecule has 1 heterocycles. The fraction of sp³-hybridized carbons (Fsp3) is 0.412. The van der Waals surface area contributed by atoms with Gasteiger partial charge in [-0.25, -0.2) is 4.98 Å². The molecule has 2 rings (SSSR count). The predicted octanol–water partition coefficient (Wildman–Crippen LogP) is 3.33. The van der Waals surface area contributed by atoms with Crippen LogP contribution in [0.3, 0.4) is 0 Å². The van der Waals surface area contributed by atoms with E-state index in [2.05, 4.69) is 37.7 Å². The van der Waals surface area contributed by atoms with Crippen LogP contribution in [0.1, 0.15) is 16.3 Å². The molecule has 1 aromatic carbocycles. The maximum absolute atomic E-state index is 5.17. The highest BCUT2D eigenvalue weighted by molar-refractivity contribution is 14.0. The van der Waals surface area contributed by atoms with E-state index in [-0.39, 0.29) is 24.0 Å². The molecule has 0 spiro atoms. The molecular formula is C17H25IN4OS. The number of guanidine groups is 1. The lowest BCUT2D eigenvalue weighted by Gasteiger charge is -2.21. The number of ether oxygens (including phenoxy) is 1. The standard InChI is InChI=1S/C17H24N4OS.HI/c1-13-20-15(12-23-13)11-21(3)17(18-2)19-10-9-14-5-7-16(22-4)8-6-14;/h5-8,12H,9-11H2,1-4H3,(H,18,19);1H. The van der Waals surface area contributed by atoms with Crippen LogP contribution in [0, 0.1) is 6.92 Å². The Balaban J connectivity index is 0.00000288. The molecule has 0 unspecified atom stereocenters. The lowest BCUT2D eigenvalue weighted by atomic mass is 10.1. The second-order valence-electron chi connectivity index (χ2n) is 5.29. The summed E-state index contributed by atoms with van der Waals surface area (Å²) in [5.41, 5.74) is 2.35. The first-order chi connectivity index (χ1) is 11.1. The summed E-state index contributed by atoms with van der Waals surface area (Å²) in [5, 5.41) is 6.58. The van der Waals surface area contributed by atoms with Crippen molar-refractivity contribution in [2.75, 3.05) is 27.7 Å². The predicted molar refractivity (Wildman–Crippen MR) is 112 cm³/mol. The Labute approximate surface area is 165 Å². The molecule has 24 heavy (non-hydrogen) atoms. The number of hydrogen-bond donors (Lipinski definition) is 1. The summed E-state index contributed by atoms with van der Waals surface area (Å²) in [5.74, 6) is 1.76. The number of hydrogen-bond acceptors (Lipinski definition) is 4. The summed E-state index contributed by atoms with van der Waals surface area (Å²) < 4.78 is 5.17. The van der Waals surface area contributed by atoms with E-state index >= 15 is 0 Å². The SMILES string of the molecule is CN=C(NCCc1ccc(OC)cc1)N(C)Cc1csc(C)n1.I. The van der Waals surface area contributed by atoms with Gasteiger partial charge in [0.1, 0.15) is 5.75 Å². The van der Waals surface area contributed by atoms with Gasteiger partial charge in [0.05, 0.1) is 24.4 Å². The first-order valence-corrected chi connectivity index (χ1v) is 8.46. The average Bonchev–Trinajstić information content (AvgIpc) is 2.97. The van der Waals surface area contributed by atoms with E-state index in [1.54, 1.807) is 25.5 Å². The van der Waals surface area contributed by atoms with E-state index in [4.69, 9.17) is 4.74 Å². The number of nitrogens with zero attached hydrogens (tertiary/aromatic N) is 3. The Morgan fingerprint density at radius 1 is 1.33 bits per heavy atom. The Morgan fingerprint density at radius 3 is 2.58 bits per heavy atom. The molecule has 0 saturated carbocycles. The van der Waals surface area contributed by atoms with Crippen molar-refractivity contribution in [2.24, 2.45) is 4.99 Å². The van der Waals surface area contributed by atoms with Gasteiger partial charge in [-0.05, 0) is 31.0 Å². The lowest BCUT2D eigenvalue weighted by molar-refractivity contribution is 0.414. The molecule has 0 saturated heterocycles. The maximum atomic E-state index is 5.17. The first-order valence-electron chi connectivity index (χ1n) is 7.58. The third-order valence-corrected chi connectivity index (χ3v) is 4.32. The van der Waals surface area contributed by atoms with E-state index in [1.165, 1.54) is 5.56 Å². The number of aliphatic imine (C=N–C) groups is 1. The van der Waals surface area contributed by atoms with Crippen LogP contribution >= 0.6 is 35.3 Å². The highest BCUT2D eigenvalue weighted by Gasteiger charge is 2.08. The fourth-order valence-corrected chi connectivity index (χ4v) is 2.90. The number of benzene rings is 1. The highest BCUT2D eigenvalue weighted by Crippen LogP contribution is 2.12. The zero-order chi connectivity index (χ0) is 16.7. The summed E-state index contributed by atoms with van der Waals surface area (Å²) in [6.45, 7) is 3.61. The first kappa shape index (κ1) is 20.7. The smallest absolute Gasteiger partial charge is 0.193 e. The zero-order valence-electron chi connectivity index (χ0n) is 14.6. The Kier molecular flexibility index (Phi) is 9.05. The highest BCUT2D eigenvalue weighted by atomic mass is 127. The van der Waals surface area contributed by atoms with Crippen LogP contribution in [0.4, 0.5) is 0 Å². The van der Waals surface area contributed by atoms with Gasteiger partial charge in [-0.2, -0.15) is 0 Å². The molecule has 1 aromatic heterocycles. The maximum Gasteiger partial charge on any atom is 0.193 e. The molecule has 0 fully saturated rings. The van der Waals surface area contributed by atoms with Crippen LogP contribution < -0.4 is 10.1 Å². The van der Waals surface area contributed by atoms with Crippen molar-refractivity contribution in [3.63, 3.8) is 0 Å². The molecule has 132 valence electrons. The molecule has 0 radical (unpaired) electrons. The summed E-state index contributed by atoms with van der Waals surface area (Å²) in [6.07, 6.45) is 0.937. The minimum Gasteiger partial charge on any atom is -0.497 e. The van der Waals surface area contributed by atoms with E-state index in [1.807, 2.05) is 26.1 Å². The van der Waals surface area contributed by atoms with Gasteiger partial charge in [-0.1, -0.05) is 12.1 Å². The summed E-state index contributed by atoms with van der Waals surface area (Å²) in [7, 11) is 5.51. The number of rotatable bonds is 6. The van der Waals surface area contributed by atoms with Crippen molar-refractivity contribution in [2.45, 2.75) is 19.9 Å². The second kappa shape index (κ2) is 10.5. The van der Waals surface area contributed by atoms with Crippen LogP contribution in [-0.4, -0.2) is 43.6 Å². The van der Waals surface area contributed by atoms with Gasteiger partial charge in [-0.3, -0.25) is 4.99 Å². The van der Waals surface area contributed by atoms with Gasteiger partial charge in [0.25, 0.3) is 0 Å². The van der Waals surface area contributed by atoms with Gasteiger partial charge < -0.3 is 15.0 Å². The van der Waals surface area contributed by atoms with Gasteiger partial charge in [0.2, 0.25) is 0 Å². The summed E-state index contributed by atoms with van der Waals surface area (Å²) in [6, 6.07) is 8.15. The molecule has 0 bridgehead atoms. The number of methoxy groups -OCH3 is 1. The van der Waals surface area contributed by atoms with Crippen LogP contribution in [-0.2, 0) is 13.0 Å². The van der Waals surface area contributed by atoms with Crippen LogP contribution in [0.15, 0.2) is 34.6 Å². The van der Waals surface area contributed by atoms with Crippen molar-refractivity contribution in [1.82, 2.24) is 15.2 Å². The number of halogens is 1. The zero-order valence-corrected chi connectivity index (χ0v) is 17.7. The third kappa shape index (κ3) is 6.27. The van der Waals surface area contributed by atoms with Gasteiger partial charge >= 0.3 is 0 Å². The Morgan fingerprint density at radius 2 is 2.04 bits per heavy atom. The van der Waals surface area contributed by atoms with Gasteiger partial charge in [0, 0.05) is 26.0 Å². The van der Waals surface area contributed by atoms with Crippen LogP contribution in [0.2, 0.25) is 0 Å². The molecule has 7 heteroatoms. The van der Waals surface area contributed by atoms with Crippen molar-refractivity contribution >= 4 is 41.3 Å². The molecule has 0 aliphatic rings. The summed E-state index contributed by atoms with van der Waals surface area (Å²) in [4.78, 5) is 10.9. The van der Waals surface area contributed by atoms with E-state index in [0.29, 0.717) is 0 Å². The minimum atomic E-state index is 0. The molecule has 1 N–H and O–H groups in total. The quantitative estimate of drug-likeness (QED) is 0.408. The summed E-state index contributed by atoms with van der Waals surface area (Å²) >= 11 is 1.68. The number of nitrogens with one attached hydrogen (secondary N) is 1. The minimum absolute atomic E-state index is 0. The molecular weight excluding hydrogens is 435 g/mol. The van der Waals surface area contributed by atoms with Crippen molar-refractivity contribution in [3.8, 4) is 5.75 Å². The second-order valence-corrected chi connectivity index (χ2v) is 6.35. The Bertz CT molecular complexity index is 642. The van der Waals surface area contributed by atoms with Crippen molar-refractivity contribution in [1.29, 1.82) is 0 Å². The van der Waals surface area contributed by atoms with E-state index in [0.717, 1.165) is 41.9 Å². The Hall–Kier alpha value is -1.35. The monoisotopic (exact) mass is 460 g/mol. The topological polar surface area (TPSA) is 49.8 Å². The largest absolute Gasteiger partial charge is 0.497 e. The lowest BCUT2D eigenvalue weighted by Crippen LogP contribution is -2.39. The van der Waals surface area contributed by atoms with Crippen molar-refractivity contribution < 1.29 is 4.74 Å². The molecule has 0 amide bonds. The van der Waals surface area contributed by atoms with Gasteiger partial charge in [-0.15, -0.1) is 35.3 Å². The molecule has 0 atom stereocenters. The molecule has 0 aliphatic heterocycles. The van der Waals surface area contributed by atoms with E-state index in [9.17, 15) is 0 Å². The fourth-order valence-electron chi connectivity index (χ4n) is 2.29. The molecule has 0 aliphatic carbocycles. The van der Waals surface area contributed by atoms with Gasteiger partial charge in [0.15, 0.2) is 5.96 Å². The molecule has 2 aromatic rings. The average molecular weight is 460 g/mol.